The standard InChI is InChI=1S/C19H11ClFN3O2S/c20-12-4-5-16-11(8-12)9-15(17(25)24-19-22-6-7-27-19)18(26-16)23-14-3-1-2-13(21)10-14/h1-10H,(H,22,24,25). The number of hydrogen-bond acceptors (Lipinski definition) is 5. The van der Waals surface area contributed by atoms with E-state index in [1.807, 2.05) is 0 Å². The van der Waals surface area contributed by atoms with E-state index in [0.717, 1.165) is 0 Å². The summed E-state index contributed by atoms with van der Waals surface area (Å²) < 4.78 is 19.3. The van der Waals surface area contributed by atoms with E-state index >= 15 is 0 Å². The van der Waals surface area contributed by atoms with Gasteiger partial charge >= 0.3 is 0 Å². The van der Waals surface area contributed by atoms with E-state index in [1.165, 1.54) is 29.5 Å². The Morgan fingerprint density at radius 2 is 2.11 bits per heavy atom. The molecule has 5 nitrogen and oxygen atoms in total. The predicted octanol–water partition coefficient (Wildman–Crippen LogP) is 5.17. The third-order valence-corrected chi connectivity index (χ3v) is 4.57. The van der Waals surface area contributed by atoms with Gasteiger partial charge in [0.1, 0.15) is 17.0 Å². The molecule has 2 aromatic heterocycles. The Bertz CT molecular complexity index is 1210. The van der Waals surface area contributed by atoms with Crippen LogP contribution in [0.25, 0.3) is 11.0 Å². The highest BCUT2D eigenvalue weighted by molar-refractivity contribution is 7.13. The smallest absolute Gasteiger partial charge is 0.262 e. The number of aromatic nitrogens is 1. The van der Waals surface area contributed by atoms with Crippen LogP contribution in [-0.2, 0) is 0 Å². The van der Waals surface area contributed by atoms with Crippen molar-refractivity contribution < 1.29 is 13.6 Å². The van der Waals surface area contributed by atoms with E-state index in [0.29, 0.717) is 26.8 Å². The number of fused-ring (bicyclic) bond motifs is 1. The number of anilines is 1. The molecule has 134 valence electrons. The Kier molecular flexibility index (Phi) is 4.70. The number of nitrogens with zero attached hydrogens (tertiary/aromatic N) is 2. The van der Waals surface area contributed by atoms with Gasteiger partial charge in [-0.2, -0.15) is 0 Å². The summed E-state index contributed by atoms with van der Waals surface area (Å²) in [5.74, 6) is -0.872. The van der Waals surface area contributed by atoms with Crippen LogP contribution in [0.5, 0.6) is 0 Å². The maximum Gasteiger partial charge on any atom is 0.262 e. The molecular formula is C19H11ClFN3O2S. The SMILES string of the molecule is O=C(Nc1nccs1)c1cc2cc(Cl)ccc2oc1=Nc1cccc(F)c1. The Labute approximate surface area is 161 Å². The van der Waals surface area contributed by atoms with Crippen LogP contribution >= 0.6 is 22.9 Å². The van der Waals surface area contributed by atoms with Crippen LogP contribution in [0, 0.1) is 5.82 Å². The van der Waals surface area contributed by atoms with Crippen LogP contribution in [0.15, 0.2) is 69.5 Å². The Hall–Kier alpha value is -3.03. The molecule has 0 aliphatic rings. The summed E-state index contributed by atoms with van der Waals surface area (Å²) in [5.41, 5.74) is 1.07. The van der Waals surface area contributed by atoms with Crippen molar-refractivity contribution in [3.63, 3.8) is 0 Å². The average molecular weight is 400 g/mol. The van der Waals surface area contributed by atoms with E-state index in [2.05, 4.69) is 15.3 Å². The first kappa shape index (κ1) is 17.4. The first-order valence-corrected chi connectivity index (χ1v) is 9.09. The van der Waals surface area contributed by atoms with Crippen LogP contribution in [0.1, 0.15) is 10.4 Å². The van der Waals surface area contributed by atoms with Gasteiger partial charge in [0.15, 0.2) is 5.13 Å². The molecule has 0 spiro atoms. The highest BCUT2D eigenvalue weighted by atomic mass is 35.5. The summed E-state index contributed by atoms with van der Waals surface area (Å²) in [7, 11) is 0. The van der Waals surface area contributed by atoms with Gasteiger partial charge < -0.3 is 4.42 Å². The van der Waals surface area contributed by atoms with Crippen molar-refractivity contribution in [3.05, 3.63) is 82.1 Å². The lowest BCUT2D eigenvalue weighted by atomic mass is 10.1. The lowest BCUT2D eigenvalue weighted by Gasteiger charge is -2.05. The van der Waals surface area contributed by atoms with E-state index < -0.39 is 11.7 Å². The molecule has 0 atom stereocenters. The van der Waals surface area contributed by atoms with E-state index in [9.17, 15) is 9.18 Å². The number of carbonyl (C=O) groups excluding carboxylic acids is 1. The molecule has 0 radical (unpaired) electrons. The monoisotopic (exact) mass is 399 g/mol. The Balaban J connectivity index is 1.89. The minimum Gasteiger partial charge on any atom is -0.438 e. The van der Waals surface area contributed by atoms with Gasteiger partial charge in [0, 0.05) is 22.0 Å². The third kappa shape index (κ3) is 3.89. The number of halogens is 2. The quantitative estimate of drug-likeness (QED) is 0.517. The third-order valence-electron chi connectivity index (χ3n) is 3.64. The molecule has 0 unspecified atom stereocenters. The Morgan fingerprint density at radius 3 is 2.89 bits per heavy atom. The molecule has 0 aliphatic heterocycles. The van der Waals surface area contributed by atoms with E-state index in [-0.39, 0.29) is 11.1 Å². The van der Waals surface area contributed by atoms with Crippen molar-refractivity contribution in [3.8, 4) is 0 Å². The van der Waals surface area contributed by atoms with Crippen molar-refractivity contribution in [2.75, 3.05) is 5.32 Å². The molecule has 27 heavy (non-hydrogen) atoms. The number of benzene rings is 2. The average Bonchev–Trinajstić information content (AvgIpc) is 3.14. The van der Waals surface area contributed by atoms with Gasteiger partial charge in [-0.3, -0.25) is 10.1 Å². The summed E-state index contributed by atoms with van der Waals surface area (Å²) in [4.78, 5) is 21.1. The minimum absolute atomic E-state index is 0.0597. The Morgan fingerprint density at radius 1 is 1.22 bits per heavy atom. The number of rotatable bonds is 3. The van der Waals surface area contributed by atoms with Crippen LogP contribution in [0.3, 0.4) is 0 Å². The molecule has 0 saturated carbocycles. The molecule has 0 saturated heterocycles. The van der Waals surface area contributed by atoms with Crippen LogP contribution in [-0.4, -0.2) is 10.9 Å². The van der Waals surface area contributed by atoms with Crippen molar-refractivity contribution in [1.82, 2.24) is 4.98 Å². The van der Waals surface area contributed by atoms with Gasteiger partial charge in [0.25, 0.3) is 5.91 Å². The molecule has 8 heteroatoms. The topological polar surface area (TPSA) is 67.5 Å². The zero-order valence-electron chi connectivity index (χ0n) is 13.6. The first-order chi connectivity index (χ1) is 13.1. The molecule has 4 aromatic rings. The summed E-state index contributed by atoms with van der Waals surface area (Å²) in [6.07, 6.45) is 1.59. The van der Waals surface area contributed by atoms with Gasteiger partial charge in [-0.15, -0.1) is 11.3 Å². The number of hydrogen-bond donors (Lipinski definition) is 1. The van der Waals surface area contributed by atoms with Crippen LogP contribution < -0.4 is 10.9 Å². The predicted molar refractivity (Wildman–Crippen MR) is 103 cm³/mol. The summed E-state index contributed by atoms with van der Waals surface area (Å²) >= 11 is 7.33. The van der Waals surface area contributed by atoms with Gasteiger partial charge in [-0.25, -0.2) is 14.4 Å². The van der Waals surface area contributed by atoms with E-state index in [4.69, 9.17) is 16.0 Å². The number of carbonyl (C=O) groups is 1. The van der Waals surface area contributed by atoms with E-state index in [1.54, 1.807) is 41.9 Å². The first-order valence-electron chi connectivity index (χ1n) is 7.83. The zero-order chi connectivity index (χ0) is 18.8. The second-order valence-electron chi connectivity index (χ2n) is 5.53. The normalized spacial score (nSPS) is 11.7. The summed E-state index contributed by atoms with van der Waals surface area (Å²) in [6, 6.07) is 12.4. The molecule has 2 heterocycles. The number of thiazole rings is 1. The maximum atomic E-state index is 13.5. The summed E-state index contributed by atoms with van der Waals surface area (Å²) in [5, 5.41) is 6.05. The van der Waals surface area contributed by atoms with Crippen molar-refractivity contribution in [2.24, 2.45) is 4.99 Å². The lowest BCUT2D eigenvalue weighted by molar-refractivity contribution is 0.102. The second-order valence-corrected chi connectivity index (χ2v) is 6.86. The second kappa shape index (κ2) is 7.30. The molecule has 0 bridgehead atoms. The number of amides is 1. The highest BCUT2D eigenvalue weighted by Crippen LogP contribution is 2.21. The van der Waals surface area contributed by atoms with Gasteiger partial charge in [-0.05, 0) is 42.5 Å². The van der Waals surface area contributed by atoms with Crippen molar-refractivity contribution in [2.45, 2.75) is 0 Å². The van der Waals surface area contributed by atoms with Crippen molar-refractivity contribution in [1.29, 1.82) is 0 Å². The summed E-state index contributed by atoms with van der Waals surface area (Å²) in [6.45, 7) is 0. The fraction of sp³-hybridized carbons (Fsp3) is 0. The zero-order valence-corrected chi connectivity index (χ0v) is 15.2. The molecule has 1 amide bonds. The maximum absolute atomic E-state index is 13.5. The van der Waals surface area contributed by atoms with Crippen LogP contribution in [0.4, 0.5) is 15.2 Å². The highest BCUT2D eigenvalue weighted by Gasteiger charge is 2.14. The van der Waals surface area contributed by atoms with Gasteiger partial charge in [-0.1, -0.05) is 17.7 Å². The fourth-order valence-corrected chi connectivity index (χ4v) is 3.16. The molecule has 2 aromatic carbocycles. The fourth-order valence-electron chi connectivity index (χ4n) is 2.46. The van der Waals surface area contributed by atoms with Gasteiger partial charge in [0.2, 0.25) is 5.55 Å². The molecule has 1 N–H and O–H groups in total. The molecule has 4 rings (SSSR count). The van der Waals surface area contributed by atoms with Crippen molar-refractivity contribution >= 4 is 50.6 Å². The minimum atomic E-state index is -0.439. The molecular weight excluding hydrogens is 389 g/mol. The molecule has 0 fully saturated rings. The lowest BCUT2D eigenvalue weighted by Crippen LogP contribution is -2.21. The van der Waals surface area contributed by atoms with Crippen LogP contribution in [0.2, 0.25) is 5.02 Å². The molecule has 0 aliphatic carbocycles. The number of nitrogens with one attached hydrogen (secondary N) is 1. The largest absolute Gasteiger partial charge is 0.438 e. The van der Waals surface area contributed by atoms with Gasteiger partial charge in [0.05, 0.1) is 5.69 Å².